The van der Waals surface area contributed by atoms with Gasteiger partial charge >= 0.3 is 6.03 Å². The van der Waals surface area contributed by atoms with E-state index in [-0.39, 0.29) is 0 Å². The van der Waals surface area contributed by atoms with E-state index < -0.39 is 60.3 Å². The Balaban J connectivity index is 2.34. The highest BCUT2D eigenvalue weighted by atomic mass is 35.5. The zero-order valence-corrected chi connectivity index (χ0v) is 13.8. The first-order valence-electron chi connectivity index (χ1n) is 6.46. The van der Waals surface area contributed by atoms with E-state index in [4.69, 9.17) is 23.2 Å². The lowest BCUT2D eigenvalue weighted by atomic mass is 10.2. The van der Waals surface area contributed by atoms with Gasteiger partial charge in [0.2, 0.25) is 0 Å². The lowest BCUT2D eigenvalue weighted by Gasteiger charge is -2.11. The Morgan fingerprint density at radius 2 is 1.19 bits per heavy atom. The van der Waals surface area contributed by atoms with Crippen molar-refractivity contribution in [2.45, 2.75) is 0 Å². The summed E-state index contributed by atoms with van der Waals surface area (Å²) in [5.41, 5.74) is -2.83. The number of nitrogens with zero attached hydrogens (tertiary/aromatic N) is 2. The summed E-state index contributed by atoms with van der Waals surface area (Å²) in [5.74, 6) is -2.19. The second-order valence-corrected chi connectivity index (χ2v) is 5.36. The molecule has 9 nitrogen and oxygen atoms in total. The fourth-order valence-electron chi connectivity index (χ4n) is 1.85. The second-order valence-electron chi connectivity index (χ2n) is 4.60. The number of urea groups is 1. The monoisotopic (exact) mass is 406 g/mol. The number of carbonyl (C=O) groups excluding carboxylic acids is 1. The number of nitrogens with one attached hydrogen (secondary N) is 2. The van der Waals surface area contributed by atoms with E-state index in [1.807, 2.05) is 10.6 Å². The largest absolute Gasteiger partial charge is 0.323 e. The Morgan fingerprint density at radius 3 is 1.50 bits per heavy atom. The van der Waals surface area contributed by atoms with Gasteiger partial charge in [-0.15, -0.1) is 0 Å². The Kier molecular flexibility index (Phi) is 5.53. The van der Waals surface area contributed by atoms with Crippen molar-refractivity contribution < 1.29 is 23.4 Å². The average Bonchev–Trinajstić information content (AvgIpc) is 2.54. The smallest absolute Gasteiger partial charge is 0.304 e. The Bertz CT molecular complexity index is 868. The zero-order chi connectivity index (χ0) is 19.6. The van der Waals surface area contributed by atoms with E-state index in [1.54, 1.807) is 0 Å². The molecule has 0 fully saturated rings. The highest BCUT2D eigenvalue weighted by Gasteiger charge is 2.24. The standard InChI is InChI=1S/C13H6Cl2F2N4O5/c14-9-7(20(23)24)3-1-5(16)11(9)18-13(22)19-12-6(17)2-4-8(10(12)15)21(25)26/h1-4H,(H2,18,19,22). The van der Waals surface area contributed by atoms with Crippen molar-refractivity contribution in [3.8, 4) is 0 Å². The van der Waals surface area contributed by atoms with Crippen molar-refractivity contribution in [3.63, 3.8) is 0 Å². The van der Waals surface area contributed by atoms with E-state index in [0.29, 0.717) is 12.1 Å². The van der Waals surface area contributed by atoms with Gasteiger partial charge in [0.05, 0.1) is 9.85 Å². The molecule has 2 amide bonds. The summed E-state index contributed by atoms with van der Waals surface area (Å²) in [6.07, 6.45) is 0. The van der Waals surface area contributed by atoms with Crippen LogP contribution in [0.3, 0.4) is 0 Å². The van der Waals surface area contributed by atoms with Crippen molar-refractivity contribution >= 4 is 52.0 Å². The molecule has 2 aromatic rings. The first kappa shape index (κ1) is 19.3. The van der Waals surface area contributed by atoms with Gasteiger partial charge in [-0.05, 0) is 12.1 Å². The van der Waals surface area contributed by atoms with Crippen molar-refractivity contribution in [1.82, 2.24) is 0 Å². The lowest BCUT2D eigenvalue weighted by Crippen LogP contribution is -2.21. The molecule has 0 aliphatic heterocycles. The molecule has 136 valence electrons. The van der Waals surface area contributed by atoms with Gasteiger partial charge in [-0.2, -0.15) is 0 Å². The van der Waals surface area contributed by atoms with Crippen LogP contribution in [0.25, 0.3) is 0 Å². The maximum absolute atomic E-state index is 13.8. The van der Waals surface area contributed by atoms with E-state index in [0.717, 1.165) is 12.1 Å². The van der Waals surface area contributed by atoms with Crippen molar-refractivity contribution in [3.05, 3.63) is 66.2 Å². The fraction of sp³-hybridized carbons (Fsp3) is 0. The summed E-state index contributed by atoms with van der Waals surface area (Å²) in [7, 11) is 0. The maximum atomic E-state index is 13.8. The lowest BCUT2D eigenvalue weighted by molar-refractivity contribution is -0.384. The first-order valence-corrected chi connectivity index (χ1v) is 7.21. The van der Waals surface area contributed by atoms with Gasteiger partial charge < -0.3 is 10.6 Å². The molecule has 0 aliphatic rings. The van der Waals surface area contributed by atoms with Crippen LogP contribution in [0.4, 0.5) is 36.3 Å². The predicted molar refractivity (Wildman–Crippen MR) is 88.8 cm³/mol. The number of amides is 2. The summed E-state index contributed by atoms with van der Waals surface area (Å²) < 4.78 is 27.6. The number of nitro groups is 2. The summed E-state index contributed by atoms with van der Waals surface area (Å²) in [6, 6.07) is 1.68. The molecule has 0 unspecified atom stereocenters. The highest BCUT2D eigenvalue weighted by molar-refractivity contribution is 6.37. The zero-order valence-electron chi connectivity index (χ0n) is 12.3. The Morgan fingerprint density at radius 1 is 0.846 bits per heavy atom. The molecular formula is C13H6Cl2F2N4O5. The number of anilines is 2. The van der Waals surface area contributed by atoms with Gasteiger partial charge in [-0.25, -0.2) is 13.6 Å². The molecule has 0 aromatic heterocycles. The summed E-state index contributed by atoms with van der Waals surface area (Å²) in [5, 5.41) is 23.9. The molecule has 0 saturated carbocycles. The quantitative estimate of drug-likeness (QED) is 0.559. The van der Waals surface area contributed by atoms with Gasteiger partial charge in [-0.3, -0.25) is 20.2 Å². The molecule has 0 saturated heterocycles. The molecule has 0 spiro atoms. The minimum Gasteiger partial charge on any atom is -0.304 e. The molecule has 2 N–H and O–H groups in total. The molecule has 0 atom stereocenters. The first-order chi connectivity index (χ1) is 12.1. The van der Waals surface area contributed by atoms with E-state index in [1.165, 1.54) is 0 Å². The molecule has 2 aromatic carbocycles. The minimum absolute atomic E-state index is 0.678. The molecule has 2 rings (SSSR count). The van der Waals surface area contributed by atoms with Gasteiger partial charge in [-0.1, -0.05) is 23.2 Å². The van der Waals surface area contributed by atoms with Gasteiger partial charge in [0.1, 0.15) is 33.1 Å². The molecule has 0 bridgehead atoms. The number of rotatable bonds is 4. The van der Waals surface area contributed by atoms with Gasteiger partial charge in [0.15, 0.2) is 0 Å². The normalized spacial score (nSPS) is 10.3. The number of hydrogen-bond acceptors (Lipinski definition) is 5. The van der Waals surface area contributed by atoms with E-state index in [9.17, 15) is 33.8 Å². The second kappa shape index (κ2) is 7.45. The third kappa shape index (κ3) is 3.78. The van der Waals surface area contributed by atoms with Crippen molar-refractivity contribution in [2.24, 2.45) is 0 Å². The van der Waals surface area contributed by atoms with Crippen molar-refractivity contribution in [1.29, 1.82) is 0 Å². The number of nitro benzene ring substituents is 2. The molecule has 26 heavy (non-hydrogen) atoms. The van der Waals surface area contributed by atoms with E-state index in [2.05, 4.69) is 0 Å². The molecule has 0 heterocycles. The third-order valence-corrected chi connectivity index (χ3v) is 3.78. The summed E-state index contributed by atoms with van der Waals surface area (Å²) in [6.45, 7) is 0. The van der Waals surface area contributed by atoms with Crippen LogP contribution in [0.1, 0.15) is 0 Å². The number of benzene rings is 2. The number of halogens is 4. The van der Waals surface area contributed by atoms with Crippen LogP contribution in [0.2, 0.25) is 10.0 Å². The topological polar surface area (TPSA) is 127 Å². The van der Waals surface area contributed by atoms with Crippen LogP contribution in [0.5, 0.6) is 0 Å². The van der Waals surface area contributed by atoms with Crippen LogP contribution in [-0.4, -0.2) is 15.9 Å². The fourth-order valence-corrected chi connectivity index (χ4v) is 2.39. The third-order valence-electron chi connectivity index (χ3n) is 3.01. The van der Waals surface area contributed by atoms with Gasteiger partial charge in [0.25, 0.3) is 11.4 Å². The minimum atomic E-state index is -1.28. The van der Waals surface area contributed by atoms with Crippen LogP contribution in [0, 0.1) is 31.9 Å². The predicted octanol–water partition coefficient (Wildman–Crippen LogP) is 4.73. The summed E-state index contributed by atoms with van der Waals surface area (Å²) in [4.78, 5) is 31.7. The molecule has 0 aliphatic carbocycles. The van der Waals surface area contributed by atoms with Crippen molar-refractivity contribution in [2.75, 3.05) is 10.6 Å². The maximum Gasteiger partial charge on any atom is 0.323 e. The molecule has 0 radical (unpaired) electrons. The van der Waals surface area contributed by atoms with E-state index >= 15 is 0 Å². The molecular weight excluding hydrogens is 401 g/mol. The number of hydrogen-bond donors (Lipinski definition) is 2. The summed E-state index contributed by atoms with van der Waals surface area (Å²) >= 11 is 11.3. The average molecular weight is 407 g/mol. The SMILES string of the molecule is O=C(Nc1c(F)ccc([N+](=O)[O-])c1Cl)Nc1c(F)ccc([N+](=O)[O-])c1Cl. The highest BCUT2D eigenvalue weighted by Crippen LogP contribution is 2.36. The Hall–Kier alpha value is -3.05. The van der Waals surface area contributed by atoms with Gasteiger partial charge in [0, 0.05) is 12.1 Å². The van der Waals surface area contributed by atoms with Crippen LogP contribution in [-0.2, 0) is 0 Å². The van der Waals surface area contributed by atoms with Crippen LogP contribution >= 0.6 is 23.2 Å². The van der Waals surface area contributed by atoms with Crippen LogP contribution < -0.4 is 10.6 Å². The molecule has 13 heteroatoms. The van der Waals surface area contributed by atoms with Crippen LogP contribution in [0.15, 0.2) is 24.3 Å². The number of carbonyl (C=O) groups is 1. The Labute approximate surface area is 152 Å².